The largest absolute Gasteiger partial charge is 0.507 e. The van der Waals surface area contributed by atoms with Crippen molar-refractivity contribution < 1.29 is 28.2 Å². The predicted octanol–water partition coefficient (Wildman–Crippen LogP) is 2.24. The van der Waals surface area contributed by atoms with Crippen molar-refractivity contribution in [1.29, 1.82) is 0 Å². The molecule has 0 fully saturated rings. The lowest BCUT2D eigenvalue weighted by Crippen LogP contribution is -2.14. The Morgan fingerprint density at radius 2 is 1.94 bits per heavy atom. The summed E-state index contributed by atoms with van der Waals surface area (Å²) in [4.78, 5) is 0. The fourth-order valence-electron chi connectivity index (χ4n) is 1.36. The van der Waals surface area contributed by atoms with Crippen LogP contribution in [0.4, 0.5) is 13.2 Å². The number of alkyl halides is 3. The first kappa shape index (κ1) is 13.6. The molecule has 0 saturated heterocycles. The van der Waals surface area contributed by atoms with Crippen LogP contribution in [0.3, 0.4) is 0 Å². The van der Waals surface area contributed by atoms with Crippen molar-refractivity contribution in [1.82, 2.24) is 5.06 Å². The topological polar surface area (TPSA) is 52.9 Å². The van der Waals surface area contributed by atoms with Gasteiger partial charge in [-0.25, -0.2) is 0 Å². The van der Waals surface area contributed by atoms with E-state index in [1.165, 1.54) is 14.2 Å². The minimum absolute atomic E-state index is 0.0884. The Kier molecular flexibility index (Phi) is 3.84. The quantitative estimate of drug-likeness (QED) is 0.809. The number of phenolic OH excluding ortho intramolecular Hbond substituents is 1. The van der Waals surface area contributed by atoms with Crippen LogP contribution in [0.25, 0.3) is 0 Å². The summed E-state index contributed by atoms with van der Waals surface area (Å²) in [5.41, 5.74) is -0.915. The van der Waals surface area contributed by atoms with Gasteiger partial charge in [0.2, 0.25) is 0 Å². The maximum Gasteiger partial charge on any atom is 0.416 e. The molecule has 0 unspecified atom stereocenters. The lowest BCUT2D eigenvalue weighted by atomic mass is 10.1. The summed E-state index contributed by atoms with van der Waals surface area (Å²) in [6.07, 6.45) is -4.56. The Hall–Kier alpha value is -1.47. The van der Waals surface area contributed by atoms with E-state index >= 15 is 0 Å². The summed E-state index contributed by atoms with van der Waals surface area (Å²) in [6, 6.07) is 1.37. The summed E-state index contributed by atoms with van der Waals surface area (Å²) in [5, 5.41) is 19.2. The van der Waals surface area contributed by atoms with Crippen LogP contribution in [-0.4, -0.2) is 29.5 Å². The van der Waals surface area contributed by atoms with Crippen LogP contribution in [0.2, 0.25) is 0 Å². The van der Waals surface area contributed by atoms with Gasteiger partial charge >= 0.3 is 6.18 Å². The average Bonchev–Trinajstić information content (AvgIpc) is 2.18. The van der Waals surface area contributed by atoms with E-state index in [9.17, 15) is 18.3 Å². The van der Waals surface area contributed by atoms with E-state index in [0.29, 0.717) is 6.07 Å². The fourth-order valence-corrected chi connectivity index (χ4v) is 1.36. The third-order valence-corrected chi connectivity index (χ3v) is 2.12. The zero-order valence-electron chi connectivity index (χ0n) is 9.25. The number of aromatic hydroxyl groups is 1. The molecule has 0 bridgehead atoms. The Morgan fingerprint density at radius 3 is 2.35 bits per heavy atom. The Bertz CT molecular complexity index is 405. The zero-order chi connectivity index (χ0) is 13.2. The highest BCUT2D eigenvalue weighted by atomic mass is 19.4. The number of ether oxygens (including phenoxy) is 1. The molecule has 0 saturated carbocycles. The van der Waals surface area contributed by atoms with Gasteiger partial charge in [-0.3, -0.25) is 0 Å². The number of phenols is 1. The highest BCUT2D eigenvalue weighted by Gasteiger charge is 2.32. The van der Waals surface area contributed by atoms with Crippen LogP contribution < -0.4 is 4.74 Å². The SMILES string of the molecule is COc1cc(C(F)(F)F)cc(O)c1CN(C)O. The van der Waals surface area contributed by atoms with Gasteiger partial charge in [-0.2, -0.15) is 18.2 Å². The summed E-state index contributed by atoms with van der Waals surface area (Å²) in [5.74, 6) is -0.698. The molecule has 0 aliphatic carbocycles. The number of hydrogen-bond acceptors (Lipinski definition) is 4. The van der Waals surface area contributed by atoms with Gasteiger partial charge in [0.1, 0.15) is 11.5 Å². The molecule has 17 heavy (non-hydrogen) atoms. The van der Waals surface area contributed by atoms with E-state index in [2.05, 4.69) is 0 Å². The standard InChI is InChI=1S/C10H12F3NO3/c1-14(16)5-7-8(15)3-6(10(11,12)13)4-9(7)17-2/h3-4,15-16H,5H2,1-2H3. The van der Waals surface area contributed by atoms with E-state index in [1.54, 1.807) is 0 Å². The molecule has 2 N–H and O–H groups in total. The molecular weight excluding hydrogens is 239 g/mol. The van der Waals surface area contributed by atoms with Crippen LogP contribution in [0.1, 0.15) is 11.1 Å². The number of benzene rings is 1. The first-order valence-electron chi connectivity index (χ1n) is 4.62. The molecule has 0 aromatic heterocycles. The van der Waals surface area contributed by atoms with Crippen molar-refractivity contribution >= 4 is 0 Å². The number of methoxy groups -OCH3 is 1. The van der Waals surface area contributed by atoms with Gasteiger partial charge in [0.05, 0.1) is 24.8 Å². The fraction of sp³-hybridized carbons (Fsp3) is 0.400. The predicted molar refractivity (Wildman–Crippen MR) is 52.9 cm³/mol. The van der Waals surface area contributed by atoms with Crippen molar-refractivity contribution in [3.63, 3.8) is 0 Å². The normalized spacial score (nSPS) is 11.9. The Labute approximate surface area is 95.8 Å². The van der Waals surface area contributed by atoms with Crippen LogP contribution in [0, 0.1) is 0 Å². The van der Waals surface area contributed by atoms with Crippen molar-refractivity contribution in [3.8, 4) is 11.5 Å². The zero-order valence-corrected chi connectivity index (χ0v) is 9.25. The Balaban J connectivity index is 3.26. The number of rotatable bonds is 3. The summed E-state index contributed by atoms with van der Waals surface area (Å²) >= 11 is 0. The molecule has 0 radical (unpaired) electrons. The molecule has 1 aromatic carbocycles. The van der Waals surface area contributed by atoms with E-state index in [1.807, 2.05) is 0 Å². The van der Waals surface area contributed by atoms with E-state index in [-0.39, 0.29) is 17.9 Å². The van der Waals surface area contributed by atoms with Gasteiger partial charge in [-0.1, -0.05) is 0 Å². The van der Waals surface area contributed by atoms with E-state index < -0.39 is 17.5 Å². The first-order chi connectivity index (χ1) is 7.75. The second kappa shape index (κ2) is 4.80. The summed E-state index contributed by atoms with van der Waals surface area (Å²) in [6.45, 7) is -0.146. The van der Waals surface area contributed by atoms with Crippen molar-refractivity contribution in [3.05, 3.63) is 23.3 Å². The van der Waals surface area contributed by atoms with Gasteiger partial charge < -0.3 is 15.1 Å². The molecule has 0 amide bonds. The second-order valence-electron chi connectivity index (χ2n) is 3.49. The number of halogens is 3. The molecule has 0 aliphatic heterocycles. The van der Waals surface area contributed by atoms with Gasteiger partial charge in [-0.05, 0) is 12.1 Å². The monoisotopic (exact) mass is 251 g/mol. The molecule has 0 aliphatic rings. The molecule has 1 rings (SSSR count). The van der Waals surface area contributed by atoms with Crippen LogP contribution in [-0.2, 0) is 12.7 Å². The lowest BCUT2D eigenvalue weighted by molar-refractivity contribution is -0.137. The number of hydroxylamine groups is 2. The summed E-state index contributed by atoms with van der Waals surface area (Å²) < 4.78 is 42.1. The van der Waals surface area contributed by atoms with Gasteiger partial charge in [-0.15, -0.1) is 0 Å². The van der Waals surface area contributed by atoms with E-state index in [4.69, 9.17) is 9.94 Å². The maximum atomic E-state index is 12.5. The number of nitrogens with zero attached hydrogens (tertiary/aromatic N) is 1. The number of hydrogen-bond donors (Lipinski definition) is 2. The van der Waals surface area contributed by atoms with Crippen LogP contribution >= 0.6 is 0 Å². The molecule has 0 heterocycles. The average molecular weight is 251 g/mol. The lowest BCUT2D eigenvalue weighted by Gasteiger charge is -2.16. The van der Waals surface area contributed by atoms with Crippen LogP contribution in [0.15, 0.2) is 12.1 Å². The molecule has 0 spiro atoms. The van der Waals surface area contributed by atoms with Gasteiger partial charge in [0.15, 0.2) is 0 Å². The molecular formula is C10H12F3NO3. The third-order valence-electron chi connectivity index (χ3n) is 2.12. The highest BCUT2D eigenvalue weighted by Crippen LogP contribution is 2.38. The van der Waals surface area contributed by atoms with Gasteiger partial charge in [0, 0.05) is 7.05 Å². The van der Waals surface area contributed by atoms with Crippen LogP contribution in [0.5, 0.6) is 11.5 Å². The molecule has 4 nitrogen and oxygen atoms in total. The van der Waals surface area contributed by atoms with Crippen molar-refractivity contribution in [2.75, 3.05) is 14.2 Å². The molecule has 1 aromatic rings. The third kappa shape index (κ3) is 3.24. The second-order valence-corrected chi connectivity index (χ2v) is 3.49. The molecule has 0 atom stereocenters. The van der Waals surface area contributed by atoms with E-state index in [0.717, 1.165) is 11.1 Å². The highest BCUT2D eigenvalue weighted by molar-refractivity contribution is 5.48. The first-order valence-corrected chi connectivity index (χ1v) is 4.62. The molecule has 96 valence electrons. The minimum atomic E-state index is -4.56. The van der Waals surface area contributed by atoms with Crippen molar-refractivity contribution in [2.24, 2.45) is 0 Å². The summed E-state index contributed by atoms with van der Waals surface area (Å²) in [7, 11) is 2.49. The minimum Gasteiger partial charge on any atom is -0.507 e. The van der Waals surface area contributed by atoms with Gasteiger partial charge in [0.25, 0.3) is 0 Å². The van der Waals surface area contributed by atoms with Crippen molar-refractivity contribution in [2.45, 2.75) is 12.7 Å². The maximum absolute atomic E-state index is 12.5. The Morgan fingerprint density at radius 1 is 1.35 bits per heavy atom. The smallest absolute Gasteiger partial charge is 0.416 e. The molecule has 7 heteroatoms.